The minimum absolute atomic E-state index is 0.301. The minimum atomic E-state index is 0.301. The summed E-state index contributed by atoms with van der Waals surface area (Å²) in [5.74, 6) is 2.41. The molecule has 1 aliphatic rings. The number of ether oxygens (including phenoxy) is 2. The van der Waals surface area contributed by atoms with Gasteiger partial charge >= 0.3 is 0 Å². The van der Waals surface area contributed by atoms with Crippen LogP contribution in [0.5, 0.6) is 11.5 Å². The minimum Gasteiger partial charge on any atom is -0.454 e. The maximum Gasteiger partial charge on any atom is 0.231 e. The molecule has 3 nitrogen and oxygen atoms in total. The van der Waals surface area contributed by atoms with E-state index in [0.717, 1.165) is 24.6 Å². The van der Waals surface area contributed by atoms with E-state index in [-0.39, 0.29) is 0 Å². The van der Waals surface area contributed by atoms with Crippen LogP contribution >= 0.6 is 0 Å². The predicted octanol–water partition coefficient (Wildman–Crippen LogP) is 3.19. The van der Waals surface area contributed by atoms with Gasteiger partial charge in [-0.15, -0.1) is 0 Å². The summed E-state index contributed by atoms with van der Waals surface area (Å²) >= 11 is 0. The molecule has 0 unspecified atom stereocenters. The van der Waals surface area contributed by atoms with Gasteiger partial charge in [0.05, 0.1) is 0 Å². The number of nitrogens with one attached hydrogen (secondary N) is 1. The Labute approximate surface area is 109 Å². The Kier molecular flexibility index (Phi) is 3.81. The van der Waals surface area contributed by atoms with E-state index in [2.05, 4.69) is 39.1 Å². The van der Waals surface area contributed by atoms with E-state index in [1.165, 1.54) is 5.56 Å². The largest absolute Gasteiger partial charge is 0.454 e. The number of hydrogen-bond acceptors (Lipinski definition) is 3. The summed E-state index contributed by atoms with van der Waals surface area (Å²) in [7, 11) is 0. The Bertz CT molecular complexity index is 413. The van der Waals surface area contributed by atoms with Crippen LogP contribution in [0.1, 0.15) is 33.3 Å². The van der Waals surface area contributed by atoms with Crippen LogP contribution in [-0.2, 0) is 6.54 Å². The molecule has 1 N–H and O–H groups in total. The molecule has 3 heteroatoms. The lowest BCUT2D eigenvalue weighted by Gasteiger charge is -2.29. The van der Waals surface area contributed by atoms with Crippen molar-refractivity contribution in [1.29, 1.82) is 0 Å². The van der Waals surface area contributed by atoms with Crippen molar-refractivity contribution in [3.05, 3.63) is 23.8 Å². The van der Waals surface area contributed by atoms with E-state index in [0.29, 0.717) is 18.1 Å². The molecule has 18 heavy (non-hydrogen) atoms. The third kappa shape index (κ3) is 2.78. The van der Waals surface area contributed by atoms with Crippen LogP contribution in [0, 0.1) is 11.3 Å². The quantitative estimate of drug-likeness (QED) is 0.869. The van der Waals surface area contributed by atoms with E-state index in [1.807, 2.05) is 12.1 Å². The van der Waals surface area contributed by atoms with Crippen LogP contribution in [0.25, 0.3) is 0 Å². The summed E-state index contributed by atoms with van der Waals surface area (Å²) in [6.45, 7) is 11.3. The maximum absolute atomic E-state index is 5.50. The Morgan fingerprint density at radius 3 is 2.78 bits per heavy atom. The summed E-state index contributed by atoms with van der Waals surface area (Å²) < 4.78 is 10.9. The first-order valence-electron chi connectivity index (χ1n) is 6.59. The van der Waals surface area contributed by atoms with E-state index in [4.69, 9.17) is 9.47 Å². The van der Waals surface area contributed by atoms with Gasteiger partial charge in [0.15, 0.2) is 11.5 Å². The van der Waals surface area contributed by atoms with E-state index >= 15 is 0 Å². The molecule has 1 aliphatic heterocycles. The number of hydrogen-bond donors (Lipinski definition) is 1. The number of rotatable bonds is 5. The predicted molar refractivity (Wildman–Crippen MR) is 72.9 cm³/mol. The van der Waals surface area contributed by atoms with Gasteiger partial charge in [0.2, 0.25) is 6.79 Å². The molecular formula is C15H23NO2. The fourth-order valence-electron chi connectivity index (χ4n) is 1.85. The van der Waals surface area contributed by atoms with Crippen LogP contribution in [0.4, 0.5) is 0 Å². The fourth-order valence-corrected chi connectivity index (χ4v) is 1.85. The lowest BCUT2D eigenvalue weighted by Crippen LogP contribution is -2.33. The summed E-state index contributed by atoms with van der Waals surface area (Å²) in [4.78, 5) is 0. The molecule has 100 valence electrons. The molecule has 0 saturated carbocycles. The molecule has 0 aromatic heterocycles. The van der Waals surface area contributed by atoms with Crippen molar-refractivity contribution in [1.82, 2.24) is 5.32 Å². The Balaban J connectivity index is 1.94. The first kappa shape index (κ1) is 13.2. The van der Waals surface area contributed by atoms with Crippen LogP contribution in [-0.4, -0.2) is 13.3 Å². The second-order valence-electron chi connectivity index (χ2n) is 5.90. The molecule has 0 fully saturated rings. The zero-order valence-electron chi connectivity index (χ0n) is 11.7. The summed E-state index contributed by atoms with van der Waals surface area (Å²) in [5, 5.41) is 3.52. The average Bonchev–Trinajstić information content (AvgIpc) is 2.77. The number of para-hydroxylation sites is 1. The lowest BCUT2D eigenvalue weighted by atomic mass is 9.81. The number of fused-ring (bicyclic) bond motifs is 1. The van der Waals surface area contributed by atoms with Gasteiger partial charge in [0.25, 0.3) is 0 Å². The highest BCUT2D eigenvalue weighted by atomic mass is 16.7. The molecule has 0 amide bonds. The third-order valence-corrected chi connectivity index (χ3v) is 3.94. The summed E-state index contributed by atoms with van der Waals surface area (Å²) in [6, 6.07) is 6.05. The molecule has 0 spiro atoms. The van der Waals surface area contributed by atoms with Gasteiger partial charge in [-0.3, -0.25) is 0 Å². The van der Waals surface area contributed by atoms with Crippen molar-refractivity contribution in [2.24, 2.45) is 11.3 Å². The molecule has 0 saturated heterocycles. The van der Waals surface area contributed by atoms with E-state index in [9.17, 15) is 0 Å². The van der Waals surface area contributed by atoms with Crippen molar-refractivity contribution in [3.8, 4) is 11.5 Å². The van der Waals surface area contributed by atoms with Crippen LogP contribution in [0.3, 0.4) is 0 Å². The molecule has 0 bridgehead atoms. The third-order valence-electron chi connectivity index (χ3n) is 3.94. The molecule has 1 heterocycles. The average molecular weight is 249 g/mol. The molecule has 0 radical (unpaired) electrons. The zero-order valence-corrected chi connectivity index (χ0v) is 11.7. The molecular weight excluding hydrogens is 226 g/mol. The maximum atomic E-state index is 5.50. The highest BCUT2D eigenvalue weighted by Gasteiger charge is 2.22. The van der Waals surface area contributed by atoms with Crippen LogP contribution in [0.15, 0.2) is 18.2 Å². The lowest BCUT2D eigenvalue weighted by molar-refractivity contribution is 0.173. The monoisotopic (exact) mass is 249 g/mol. The van der Waals surface area contributed by atoms with Crippen LogP contribution < -0.4 is 14.8 Å². The van der Waals surface area contributed by atoms with Gasteiger partial charge in [-0.1, -0.05) is 39.8 Å². The molecule has 2 rings (SSSR count). The first-order valence-corrected chi connectivity index (χ1v) is 6.59. The Morgan fingerprint density at radius 2 is 2.06 bits per heavy atom. The molecule has 0 aliphatic carbocycles. The van der Waals surface area contributed by atoms with Crippen molar-refractivity contribution in [3.63, 3.8) is 0 Å². The van der Waals surface area contributed by atoms with Crippen LogP contribution in [0.2, 0.25) is 0 Å². The smallest absolute Gasteiger partial charge is 0.231 e. The van der Waals surface area contributed by atoms with Gasteiger partial charge in [-0.05, 0) is 17.4 Å². The van der Waals surface area contributed by atoms with Crippen molar-refractivity contribution >= 4 is 0 Å². The second-order valence-corrected chi connectivity index (χ2v) is 5.90. The highest BCUT2D eigenvalue weighted by molar-refractivity contribution is 5.48. The van der Waals surface area contributed by atoms with Gasteiger partial charge in [-0.25, -0.2) is 0 Å². The van der Waals surface area contributed by atoms with E-state index < -0.39 is 0 Å². The zero-order chi connectivity index (χ0) is 13.2. The van der Waals surface area contributed by atoms with Crippen molar-refractivity contribution in [2.75, 3.05) is 13.3 Å². The Hall–Kier alpha value is -1.22. The normalized spacial score (nSPS) is 14.3. The molecule has 1 aromatic rings. The van der Waals surface area contributed by atoms with Gasteiger partial charge in [0, 0.05) is 18.7 Å². The fraction of sp³-hybridized carbons (Fsp3) is 0.600. The van der Waals surface area contributed by atoms with Gasteiger partial charge in [0.1, 0.15) is 0 Å². The summed E-state index contributed by atoms with van der Waals surface area (Å²) in [5.41, 5.74) is 1.47. The molecule has 0 atom stereocenters. The van der Waals surface area contributed by atoms with Gasteiger partial charge < -0.3 is 14.8 Å². The topological polar surface area (TPSA) is 30.5 Å². The summed E-state index contributed by atoms with van der Waals surface area (Å²) in [6.07, 6.45) is 0. The Morgan fingerprint density at radius 1 is 1.28 bits per heavy atom. The number of benzene rings is 1. The molecule has 1 aromatic carbocycles. The first-order chi connectivity index (χ1) is 8.50. The highest BCUT2D eigenvalue weighted by Crippen LogP contribution is 2.35. The van der Waals surface area contributed by atoms with Crippen molar-refractivity contribution < 1.29 is 9.47 Å². The van der Waals surface area contributed by atoms with Crippen molar-refractivity contribution in [2.45, 2.75) is 34.2 Å². The SMILES string of the molecule is CC(C)C(C)(C)CNCc1cccc2c1OCO2. The standard InChI is InChI=1S/C15H23NO2/c1-11(2)15(3,4)9-16-8-12-6-5-7-13-14(12)18-10-17-13/h5-7,11,16H,8-10H2,1-4H3. The second kappa shape index (κ2) is 5.19. The van der Waals surface area contributed by atoms with Gasteiger partial charge in [-0.2, -0.15) is 0 Å². The van der Waals surface area contributed by atoms with E-state index in [1.54, 1.807) is 0 Å².